The maximum Gasteiger partial charge on any atom is 0.324 e. The molecule has 9 heteroatoms. The smallest absolute Gasteiger partial charge is 0.324 e. The van der Waals surface area contributed by atoms with Gasteiger partial charge in [0.2, 0.25) is 0 Å². The molecule has 35 heavy (non-hydrogen) atoms. The number of carbonyl (C=O) groups is 1. The van der Waals surface area contributed by atoms with Crippen LogP contribution < -0.4 is 19.5 Å². The fourth-order valence-corrected chi connectivity index (χ4v) is 6.54. The number of H-pyrrole nitrogens is 1. The van der Waals surface area contributed by atoms with Crippen molar-refractivity contribution in [1.29, 1.82) is 0 Å². The minimum atomic E-state index is -0.0874. The van der Waals surface area contributed by atoms with Crippen molar-refractivity contribution in [1.82, 2.24) is 24.9 Å². The molecule has 1 saturated heterocycles. The summed E-state index contributed by atoms with van der Waals surface area (Å²) in [7, 11) is 3.37. The van der Waals surface area contributed by atoms with Gasteiger partial charge in [0.25, 0.3) is 0 Å². The Balaban J connectivity index is 1.53. The third kappa shape index (κ3) is 5.56. The van der Waals surface area contributed by atoms with E-state index in [0.717, 1.165) is 81.0 Å². The van der Waals surface area contributed by atoms with Gasteiger partial charge in [-0.1, -0.05) is 19.4 Å². The Morgan fingerprint density at radius 1 is 1.29 bits per heavy atom. The number of rotatable bonds is 10. The Bertz CT molecular complexity index is 999. The van der Waals surface area contributed by atoms with E-state index < -0.39 is 0 Å². The number of urea groups is 1. The number of fused-ring (bicyclic) bond motifs is 1. The van der Waals surface area contributed by atoms with Crippen molar-refractivity contribution in [3.05, 3.63) is 41.5 Å². The summed E-state index contributed by atoms with van der Waals surface area (Å²) < 4.78 is 14.2. The van der Waals surface area contributed by atoms with Gasteiger partial charge in [0.1, 0.15) is 0 Å². The van der Waals surface area contributed by atoms with Gasteiger partial charge in [-0.3, -0.25) is 9.62 Å². The van der Waals surface area contributed by atoms with Crippen LogP contribution >= 0.6 is 11.9 Å². The summed E-state index contributed by atoms with van der Waals surface area (Å²) in [6.07, 6.45) is 8.08. The van der Waals surface area contributed by atoms with Crippen LogP contribution in [-0.2, 0) is 12.0 Å². The van der Waals surface area contributed by atoms with E-state index in [4.69, 9.17) is 9.47 Å². The highest BCUT2D eigenvalue weighted by Gasteiger charge is 2.51. The third-order valence-corrected chi connectivity index (χ3v) is 8.77. The molecule has 1 aromatic heterocycles. The molecular formula is C26H39N5O3S. The topological polar surface area (TPSA) is 91.5 Å². The minimum absolute atomic E-state index is 0.0458. The highest BCUT2D eigenvalue weighted by molar-refractivity contribution is 7.98. The lowest BCUT2D eigenvalue weighted by Crippen LogP contribution is -2.48. The number of benzene rings is 1. The van der Waals surface area contributed by atoms with Crippen LogP contribution in [0, 0.1) is 6.92 Å². The van der Waals surface area contributed by atoms with E-state index in [1.807, 2.05) is 6.07 Å². The molecule has 3 unspecified atom stereocenters. The van der Waals surface area contributed by atoms with Gasteiger partial charge in [0.15, 0.2) is 11.5 Å². The molecule has 0 radical (unpaired) electrons. The van der Waals surface area contributed by atoms with Crippen LogP contribution in [0.15, 0.2) is 24.5 Å². The van der Waals surface area contributed by atoms with Gasteiger partial charge in [-0.15, -0.1) is 0 Å². The second-order valence-corrected chi connectivity index (χ2v) is 10.8. The van der Waals surface area contributed by atoms with E-state index in [-0.39, 0.29) is 11.4 Å². The van der Waals surface area contributed by atoms with Gasteiger partial charge in [-0.2, -0.15) is 0 Å². The summed E-state index contributed by atoms with van der Waals surface area (Å²) in [4.78, 5) is 22.6. The molecule has 2 fully saturated rings. The lowest BCUT2D eigenvalue weighted by atomic mass is 9.66. The zero-order valence-electron chi connectivity index (χ0n) is 21.4. The summed E-state index contributed by atoms with van der Waals surface area (Å²) in [6.45, 7) is 6.78. The number of amides is 2. The molecule has 8 nitrogen and oxygen atoms in total. The third-order valence-electron chi connectivity index (χ3n) is 7.70. The first-order valence-electron chi connectivity index (χ1n) is 12.7. The van der Waals surface area contributed by atoms with Crippen LogP contribution in [0.3, 0.4) is 0 Å². The number of unbranched alkanes of at least 4 members (excludes halogenated alkanes) is 1. The van der Waals surface area contributed by atoms with E-state index in [9.17, 15) is 4.79 Å². The van der Waals surface area contributed by atoms with Crippen molar-refractivity contribution in [2.24, 2.45) is 0 Å². The van der Waals surface area contributed by atoms with Gasteiger partial charge in [0, 0.05) is 35.5 Å². The SMILES string of the molecule is CCCCNC(=O)NSC1CCC2(c3ccc(OC)c(OC)c3)CCN(Cc3nc[nH]c3C)C2C1. The normalized spacial score (nSPS) is 24.1. The number of methoxy groups -OCH3 is 2. The highest BCUT2D eigenvalue weighted by atomic mass is 32.2. The van der Waals surface area contributed by atoms with E-state index in [2.05, 4.69) is 50.9 Å². The maximum absolute atomic E-state index is 12.2. The van der Waals surface area contributed by atoms with Crippen LogP contribution in [0.25, 0.3) is 0 Å². The number of hydrogen-bond acceptors (Lipinski definition) is 6. The van der Waals surface area contributed by atoms with Gasteiger partial charge < -0.3 is 19.8 Å². The van der Waals surface area contributed by atoms with Gasteiger partial charge in [-0.25, -0.2) is 9.78 Å². The van der Waals surface area contributed by atoms with Crippen LogP contribution in [-0.4, -0.2) is 59.5 Å². The number of aromatic nitrogens is 2. The Hall–Kier alpha value is -2.39. The summed E-state index contributed by atoms with van der Waals surface area (Å²) in [5, 5.41) is 3.32. The van der Waals surface area contributed by atoms with Crippen molar-refractivity contribution in [3.8, 4) is 11.5 Å². The number of aryl methyl sites for hydroxylation is 1. The van der Waals surface area contributed by atoms with Crippen LogP contribution in [0.5, 0.6) is 11.5 Å². The predicted molar refractivity (Wildman–Crippen MR) is 140 cm³/mol. The molecule has 1 saturated carbocycles. The molecule has 0 spiro atoms. The van der Waals surface area contributed by atoms with Crippen molar-refractivity contribution < 1.29 is 14.3 Å². The van der Waals surface area contributed by atoms with Gasteiger partial charge in [-0.05, 0) is 75.2 Å². The van der Waals surface area contributed by atoms with Crippen molar-refractivity contribution in [2.75, 3.05) is 27.3 Å². The molecule has 2 heterocycles. The number of likely N-dealkylation sites (tertiary alicyclic amines) is 1. The number of ether oxygens (including phenoxy) is 2. The molecular weight excluding hydrogens is 462 g/mol. The van der Waals surface area contributed by atoms with Gasteiger partial charge in [0.05, 0.1) is 26.2 Å². The van der Waals surface area contributed by atoms with E-state index in [0.29, 0.717) is 11.3 Å². The van der Waals surface area contributed by atoms with Gasteiger partial charge >= 0.3 is 6.03 Å². The molecule has 2 aromatic rings. The number of carbonyl (C=O) groups excluding carboxylic acids is 1. The standard InChI is InChI=1S/C26H39N5O3S/c1-5-6-12-27-25(32)30-35-20-9-10-26(19-7-8-22(33-3)23(14-19)34-4)11-13-31(24(26)15-20)16-21-18(2)28-17-29-21/h7-8,14,17,20,24H,5-6,9-13,15-16H2,1-4H3,(H,28,29)(H2,27,30,32). The molecule has 2 aliphatic rings. The molecule has 192 valence electrons. The zero-order chi connectivity index (χ0) is 24.8. The minimum Gasteiger partial charge on any atom is -0.493 e. The first-order chi connectivity index (χ1) is 17.0. The molecule has 3 atom stereocenters. The molecule has 1 aliphatic heterocycles. The monoisotopic (exact) mass is 501 g/mol. The zero-order valence-corrected chi connectivity index (χ0v) is 22.2. The molecule has 1 aliphatic carbocycles. The highest BCUT2D eigenvalue weighted by Crippen LogP contribution is 2.52. The number of imidazole rings is 1. The quantitative estimate of drug-likeness (QED) is 0.327. The lowest BCUT2D eigenvalue weighted by Gasteiger charge is -2.45. The number of hydrogen-bond donors (Lipinski definition) is 3. The molecule has 2 amide bonds. The summed E-state index contributed by atoms with van der Waals surface area (Å²) >= 11 is 1.58. The van der Waals surface area contributed by atoms with Crippen LogP contribution in [0.1, 0.15) is 62.4 Å². The largest absolute Gasteiger partial charge is 0.493 e. The first-order valence-corrected chi connectivity index (χ1v) is 13.5. The van der Waals surface area contributed by atoms with Crippen LogP contribution in [0.4, 0.5) is 4.79 Å². The second kappa shape index (κ2) is 11.6. The number of nitrogens with one attached hydrogen (secondary N) is 3. The van der Waals surface area contributed by atoms with Crippen molar-refractivity contribution in [3.63, 3.8) is 0 Å². The molecule has 1 aromatic carbocycles. The van der Waals surface area contributed by atoms with Crippen molar-refractivity contribution >= 4 is 18.0 Å². The Morgan fingerprint density at radius 3 is 2.83 bits per heavy atom. The molecule has 3 N–H and O–H groups in total. The number of nitrogens with zero attached hydrogens (tertiary/aromatic N) is 2. The summed E-state index contributed by atoms with van der Waals surface area (Å²) in [5.74, 6) is 1.54. The molecule has 4 rings (SSSR count). The second-order valence-electron chi connectivity index (χ2n) is 9.66. The first kappa shape index (κ1) is 25.7. The maximum atomic E-state index is 12.2. The van der Waals surface area contributed by atoms with E-state index in [1.54, 1.807) is 32.5 Å². The lowest BCUT2D eigenvalue weighted by molar-refractivity contribution is 0.152. The van der Waals surface area contributed by atoms with E-state index >= 15 is 0 Å². The van der Waals surface area contributed by atoms with E-state index in [1.165, 1.54) is 5.56 Å². The Kier molecular flexibility index (Phi) is 8.49. The fraction of sp³-hybridized carbons (Fsp3) is 0.615. The summed E-state index contributed by atoms with van der Waals surface area (Å²) in [6, 6.07) is 6.68. The van der Waals surface area contributed by atoms with Crippen molar-refractivity contribution in [2.45, 2.75) is 75.6 Å². The fourth-order valence-electron chi connectivity index (χ4n) is 5.68. The van der Waals surface area contributed by atoms with Crippen LogP contribution in [0.2, 0.25) is 0 Å². The average molecular weight is 502 g/mol. The summed E-state index contributed by atoms with van der Waals surface area (Å²) in [5.41, 5.74) is 3.59. The average Bonchev–Trinajstić information content (AvgIpc) is 3.46. The Labute approximate surface area is 213 Å². The Morgan fingerprint density at radius 2 is 2.11 bits per heavy atom. The molecule has 0 bridgehead atoms. The predicted octanol–water partition coefficient (Wildman–Crippen LogP) is 4.55. The number of aromatic amines is 1.